The second-order valence-corrected chi connectivity index (χ2v) is 4.74. The maximum absolute atomic E-state index is 11.4. The van der Waals surface area contributed by atoms with Gasteiger partial charge in [-0.2, -0.15) is 0 Å². The van der Waals surface area contributed by atoms with Crippen LogP contribution in [-0.4, -0.2) is 22.3 Å². The van der Waals surface area contributed by atoms with Crippen LogP contribution in [0.1, 0.15) is 37.2 Å². The van der Waals surface area contributed by atoms with Gasteiger partial charge in [-0.15, -0.1) is 0 Å². The maximum Gasteiger partial charge on any atom is 0.311 e. The highest BCUT2D eigenvalue weighted by Crippen LogP contribution is 2.36. The van der Waals surface area contributed by atoms with Crippen molar-refractivity contribution >= 4 is 5.97 Å². The number of aliphatic carboxylic acids is 1. The molecule has 17 heavy (non-hydrogen) atoms. The molecule has 0 amide bonds. The SMILES string of the molecule is O=C(O)C(c1ccccc1)[C@H]1CCCC[C@H]1O. The van der Waals surface area contributed by atoms with E-state index in [1.54, 1.807) is 0 Å². The molecule has 1 saturated carbocycles. The highest BCUT2D eigenvalue weighted by Gasteiger charge is 2.35. The maximum atomic E-state index is 11.4. The van der Waals surface area contributed by atoms with Gasteiger partial charge in [0.25, 0.3) is 0 Å². The summed E-state index contributed by atoms with van der Waals surface area (Å²) in [5, 5.41) is 19.4. The number of hydrogen-bond donors (Lipinski definition) is 2. The van der Waals surface area contributed by atoms with Gasteiger partial charge in [-0.3, -0.25) is 4.79 Å². The van der Waals surface area contributed by atoms with Gasteiger partial charge >= 0.3 is 5.97 Å². The van der Waals surface area contributed by atoms with Crippen LogP contribution in [0, 0.1) is 5.92 Å². The second-order valence-electron chi connectivity index (χ2n) is 4.74. The Morgan fingerprint density at radius 3 is 2.41 bits per heavy atom. The van der Waals surface area contributed by atoms with E-state index in [4.69, 9.17) is 0 Å². The predicted molar refractivity (Wildman–Crippen MR) is 64.8 cm³/mol. The van der Waals surface area contributed by atoms with Crippen molar-refractivity contribution in [2.45, 2.75) is 37.7 Å². The minimum Gasteiger partial charge on any atom is -0.481 e. The van der Waals surface area contributed by atoms with E-state index in [1.807, 2.05) is 30.3 Å². The molecule has 3 heteroatoms. The van der Waals surface area contributed by atoms with E-state index in [9.17, 15) is 15.0 Å². The summed E-state index contributed by atoms with van der Waals surface area (Å²) < 4.78 is 0. The summed E-state index contributed by atoms with van der Waals surface area (Å²) in [6, 6.07) is 9.24. The first kappa shape index (κ1) is 12.1. The summed E-state index contributed by atoms with van der Waals surface area (Å²) in [7, 11) is 0. The lowest BCUT2D eigenvalue weighted by Gasteiger charge is -2.32. The lowest BCUT2D eigenvalue weighted by molar-refractivity contribution is -0.142. The summed E-state index contributed by atoms with van der Waals surface area (Å²) in [4.78, 5) is 11.4. The zero-order valence-corrected chi connectivity index (χ0v) is 9.75. The Hall–Kier alpha value is -1.35. The van der Waals surface area contributed by atoms with Crippen molar-refractivity contribution in [1.29, 1.82) is 0 Å². The van der Waals surface area contributed by atoms with E-state index in [1.165, 1.54) is 0 Å². The van der Waals surface area contributed by atoms with E-state index in [-0.39, 0.29) is 5.92 Å². The number of benzene rings is 1. The molecule has 3 atom stereocenters. The predicted octanol–water partition coefficient (Wildman–Crippen LogP) is 2.41. The van der Waals surface area contributed by atoms with Gasteiger partial charge in [-0.05, 0) is 18.4 Å². The molecular weight excluding hydrogens is 216 g/mol. The number of rotatable bonds is 3. The summed E-state index contributed by atoms with van der Waals surface area (Å²) in [6.45, 7) is 0. The van der Waals surface area contributed by atoms with Gasteiger partial charge in [-0.25, -0.2) is 0 Å². The highest BCUT2D eigenvalue weighted by atomic mass is 16.4. The van der Waals surface area contributed by atoms with Crippen molar-refractivity contribution in [3.05, 3.63) is 35.9 Å². The van der Waals surface area contributed by atoms with Crippen LogP contribution in [0.25, 0.3) is 0 Å². The van der Waals surface area contributed by atoms with E-state index < -0.39 is 18.0 Å². The van der Waals surface area contributed by atoms with Crippen LogP contribution >= 0.6 is 0 Å². The summed E-state index contributed by atoms with van der Waals surface area (Å²) in [6.07, 6.45) is 3.05. The van der Waals surface area contributed by atoms with Gasteiger partial charge in [0.2, 0.25) is 0 Å². The molecule has 0 bridgehead atoms. The van der Waals surface area contributed by atoms with Gasteiger partial charge in [-0.1, -0.05) is 43.2 Å². The zero-order valence-electron chi connectivity index (χ0n) is 9.75. The zero-order chi connectivity index (χ0) is 12.3. The average Bonchev–Trinajstić information content (AvgIpc) is 2.33. The van der Waals surface area contributed by atoms with Crippen molar-refractivity contribution in [3.8, 4) is 0 Å². The Kier molecular flexibility index (Phi) is 3.79. The van der Waals surface area contributed by atoms with Crippen molar-refractivity contribution in [2.75, 3.05) is 0 Å². The van der Waals surface area contributed by atoms with E-state index in [2.05, 4.69) is 0 Å². The molecular formula is C14H18O3. The lowest BCUT2D eigenvalue weighted by atomic mass is 9.75. The molecule has 1 aliphatic carbocycles. The van der Waals surface area contributed by atoms with E-state index in [0.29, 0.717) is 0 Å². The molecule has 92 valence electrons. The third-order valence-electron chi connectivity index (χ3n) is 3.63. The molecule has 0 spiro atoms. The Labute approximate surface area is 101 Å². The number of carboxylic acids is 1. The van der Waals surface area contributed by atoms with Crippen molar-refractivity contribution in [3.63, 3.8) is 0 Å². The second kappa shape index (κ2) is 5.32. The number of carbonyl (C=O) groups is 1. The number of aliphatic hydroxyl groups excluding tert-OH is 1. The first-order valence-corrected chi connectivity index (χ1v) is 6.16. The van der Waals surface area contributed by atoms with Gasteiger partial charge in [0, 0.05) is 5.92 Å². The van der Waals surface area contributed by atoms with Crippen molar-refractivity contribution in [1.82, 2.24) is 0 Å². The van der Waals surface area contributed by atoms with Crippen LogP contribution < -0.4 is 0 Å². The first-order chi connectivity index (χ1) is 8.20. The van der Waals surface area contributed by atoms with Gasteiger partial charge in [0.15, 0.2) is 0 Å². The average molecular weight is 234 g/mol. The van der Waals surface area contributed by atoms with Crippen molar-refractivity contribution < 1.29 is 15.0 Å². The van der Waals surface area contributed by atoms with E-state index in [0.717, 1.165) is 31.2 Å². The van der Waals surface area contributed by atoms with Crippen LogP contribution in [0.4, 0.5) is 0 Å². The molecule has 0 saturated heterocycles. The molecule has 1 aromatic carbocycles. The minimum absolute atomic E-state index is 0.149. The minimum atomic E-state index is -0.831. The smallest absolute Gasteiger partial charge is 0.311 e. The largest absolute Gasteiger partial charge is 0.481 e. The van der Waals surface area contributed by atoms with Gasteiger partial charge < -0.3 is 10.2 Å². The van der Waals surface area contributed by atoms with Crippen LogP contribution in [0.5, 0.6) is 0 Å². The molecule has 1 aromatic rings. The standard InChI is InChI=1S/C14H18O3/c15-12-9-5-4-8-11(12)13(14(16)17)10-6-2-1-3-7-10/h1-3,6-7,11-13,15H,4-5,8-9H2,(H,16,17)/t11-,12+,13?/m0/s1. The fraction of sp³-hybridized carbons (Fsp3) is 0.500. The molecule has 1 fully saturated rings. The van der Waals surface area contributed by atoms with Crippen LogP contribution in [0.2, 0.25) is 0 Å². The quantitative estimate of drug-likeness (QED) is 0.844. The summed E-state index contributed by atoms with van der Waals surface area (Å²) >= 11 is 0. The van der Waals surface area contributed by atoms with Crippen molar-refractivity contribution in [2.24, 2.45) is 5.92 Å². The molecule has 0 aromatic heterocycles. The van der Waals surface area contributed by atoms with Gasteiger partial charge in [0.05, 0.1) is 12.0 Å². The summed E-state index contributed by atoms with van der Waals surface area (Å²) in [5.74, 6) is -1.56. The summed E-state index contributed by atoms with van der Waals surface area (Å²) in [5.41, 5.74) is 0.797. The molecule has 0 heterocycles. The number of aliphatic hydroxyl groups is 1. The lowest BCUT2D eigenvalue weighted by Crippen LogP contribution is -2.33. The molecule has 2 rings (SSSR count). The fourth-order valence-corrected chi connectivity index (χ4v) is 2.76. The Morgan fingerprint density at radius 2 is 1.82 bits per heavy atom. The Balaban J connectivity index is 2.26. The molecule has 3 nitrogen and oxygen atoms in total. The Bertz CT molecular complexity index is 374. The highest BCUT2D eigenvalue weighted by molar-refractivity contribution is 5.76. The molecule has 2 N–H and O–H groups in total. The van der Waals surface area contributed by atoms with Crippen LogP contribution in [-0.2, 0) is 4.79 Å². The third-order valence-corrected chi connectivity index (χ3v) is 3.63. The Morgan fingerprint density at radius 1 is 1.18 bits per heavy atom. The molecule has 1 aliphatic rings. The third kappa shape index (κ3) is 2.67. The molecule has 0 aliphatic heterocycles. The number of hydrogen-bond acceptors (Lipinski definition) is 2. The molecule has 1 unspecified atom stereocenters. The topological polar surface area (TPSA) is 57.5 Å². The fourth-order valence-electron chi connectivity index (χ4n) is 2.76. The van der Waals surface area contributed by atoms with Crippen LogP contribution in [0.15, 0.2) is 30.3 Å². The number of carboxylic acid groups (broad SMARTS) is 1. The van der Waals surface area contributed by atoms with Crippen LogP contribution in [0.3, 0.4) is 0 Å². The monoisotopic (exact) mass is 234 g/mol. The molecule has 0 radical (unpaired) electrons. The van der Waals surface area contributed by atoms with Gasteiger partial charge in [0.1, 0.15) is 0 Å². The normalized spacial score (nSPS) is 26.4. The van der Waals surface area contributed by atoms with E-state index >= 15 is 0 Å². The first-order valence-electron chi connectivity index (χ1n) is 6.16.